The van der Waals surface area contributed by atoms with Crippen molar-refractivity contribution < 1.29 is 4.74 Å². The van der Waals surface area contributed by atoms with Crippen molar-refractivity contribution in [1.29, 1.82) is 0 Å². The van der Waals surface area contributed by atoms with E-state index in [2.05, 4.69) is 26.7 Å². The molecule has 0 saturated carbocycles. The van der Waals surface area contributed by atoms with Gasteiger partial charge in [-0.1, -0.05) is 23.9 Å². The standard InChI is InChI=1S/C15H20N4OS/c1-4-16-13-9-14(19-15(18-13)21-3)17-12-7-5-6-11(8-12)10-20-2/h5-9H,4,10H2,1-3H3,(H2,16,17,18,19). The molecule has 21 heavy (non-hydrogen) atoms. The van der Waals surface area contributed by atoms with Crippen LogP contribution in [0, 0.1) is 0 Å². The van der Waals surface area contributed by atoms with Gasteiger partial charge < -0.3 is 15.4 Å². The number of methoxy groups -OCH3 is 1. The summed E-state index contributed by atoms with van der Waals surface area (Å²) in [4.78, 5) is 8.89. The van der Waals surface area contributed by atoms with Gasteiger partial charge in [-0.15, -0.1) is 0 Å². The van der Waals surface area contributed by atoms with Crippen molar-refractivity contribution in [3.63, 3.8) is 0 Å². The van der Waals surface area contributed by atoms with Crippen LogP contribution in [0.15, 0.2) is 35.5 Å². The number of thioether (sulfide) groups is 1. The Bertz CT molecular complexity index is 592. The molecule has 0 bridgehead atoms. The van der Waals surface area contributed by atoms with Crippen LogP contribution < -0.4 is 10.6 Å². The average Bonchev–Trinajstić information content (AvgIpc) is 2.48. The Morgan fingerprint density at radius 1 is 1.19 bits per heavy atom. The summed E-state index contributed by atoms with van der Waals surface area (Å²) in [7, 11) is 1.69. The minimum Gasteiger partial charge on any atom is -0.380 e. The third-order valence-corrected chi connectivity index (χ3v) is 3.30. The number of hydrogen-bond donors (Lipinski definition) is 2. The van der Waals surface area contributed by atoms with E-state index in [-0.39, 0.29) is 0 Å². The number of ether oxygens (including phenoxy) is 1. The van der Waals surface area contributed by atoms with Gasteiger partial charge in [0.05, 0.1) is 6.61 Å². The summed E-state index contributed by atoms with van der Waals surface area (Å²) in [5, 5.41) is 7.27. The third-order valence-electron chi connectivity index (χ3n) is 2.76. The van der Waals surface area contributed by atoms with Crippen LogP contribution in [0.1, 0.15) is 12.5 Å². The van der Waals surface area contributed by atoms with E-state index >= 15 is 0 Å². The van der Waals surface area contributed by atoms with Gasteiger partial charge in [-0.05, 0) is 30.9 Å². The van der Waals surface area contributed by atoms with Gasteiger partial charge in [0.2, 0.25) is 0 Å². The topological polar surface area (TPSA) is 59.1 Å². The Kier molecular flexibility index (Phi) is 5.83. The molecule has 0 fully saturated rings. The van der Waals surface area contributed by atoms with Crippen LogP contribution in [0.2, 0.25) is 0 Å². The summed E-state index contributed by atoms with van der Waals surface area (Å²) in [5.74, 6) is 1.60. The predicted octanol–water partition coefficient (Wildman–Crippen LogP) is 3.52. The fourth-order valence-corrected chi connectivity index (χ4v) is 2.28. The lowest BCUT2D eigenvalue weighted by molar-refractivity contribution is 0.185. The zero-order chi connectivity index (χ0) is 15.1. The first-order valence-electron chi connectivity index (χ1n) is 6.77. The molecule has 0 saturated heterocycles. The van der Waals surface area contributed by atoms with Crippen molar-refractivity contribution in [2.45, 2.75) is 18.7 Å². The lowest BCUT2D eigenvalue weighted by atomic mass is 10.2. The van der Waals surface area contributed by atoms with Crippen LogP contribution in [0.25, 0.3) is 0 Å². The molecule has 0 amide bonds. The molecule has 2 aromatic rings. The van der Waals surface area contributed by atoms with Crippen molar-refractivity contribution in [3.05, 3.63) is 35.9 Å². The fraction of sp³-hybridized carbons (Fsp3) is 0.333. The van der Waals surface area contributed by atoms with Gasteiger partial charge in [0.1, 0.15) is 11.6 Å². The van der Waals surface area contributed by atoms with Gasteiger partial charge >= 0.3 is 0 Å². The summed E-state index contributed by atoms with van der Waals surface area (Å²) in [6.45, 7) is 3.47. The van der Waals surface area contributed by atoms with Crippen molar-refractivity contribution in [2.24, 2.45) is 0 Å². The highest BCUT2D eigenvalue weighted by Crippen LogP contribution is 2.21. The minimum atomic E-state index is 0.595. The first-order chi connectivity index (χ1) is 10.2. The number of nitrogens with zero attached hydrogens (tertiary/aromatic N) is 2. The molecule has 1 aromatic carbocycles. The summed E-state index contributed by atoms with van der Waals surface area (Å²) in [6.07, 6.45) is 1.97. The Morgan fingerprint density at radius 3 is 2.71 bits per heavy atom. The maximum Gasteiger partial charge on any atom is 0.191 e. The van der Waals surface area contributed by atoms with E-state index in [1.165, 1.54) is 11.8 Å². The second kappa shape index (κ2) is 7.85. The molecule has 5 nitrogen and oxygen atoms in total. The van der Waals surface area contributed by atoms with Crippen molar-refractivity contribution in [3.8, 4) is 0 Å². The Balaban J connectivity index is 2.21. The molecule has 1 heterocycles. The fourth-order valence-electron chi connectivity index (χ4n) is 1.91. The quantitative estimate of drug-likeness (QED) is 0.603. The summed E-state index contributed by atoms with van der Waals surface area (Å²) in [5.41, 5.74) is 2.10. The van der Waals surface area contributed by atoms with E-state index in [4.69, 9.17) is 4.74 Å². The molecule has 0 aliphatic carbocycles. The van der Waals surface area contributed by atoms with Crippen molar-refractivity contribution >= 4 is 29.1 Å². The molecular formula is C15H20N4OS. The summed E-state index contributed by atoms with van der Waals surface area (Å²) in [6, 6.07) is 10.0. The molecule has 0 atom stereocenters. The lowest BCUT2D eigenvalue weighted by Gasteiger charge is -2.10. The van der Waals surface area contributed by atoms with Crippen molar-refractivity contribution in [1.82, 2.24) is 9.97 Å². The van der Waals surface area contributed by atoms with E-state index in [0.717, 1.165) is 34.6 Å². The molecule has 2 N–H and O–H groups in total. The highest BCUT2D eigenvalue weighted by molar-refractivity contribution is 7.98. The summed E-state index contributed by atoms with van der Waals surface area (Å²) < 4.78 is 5.15. The maximum absolute atomic E-state index is 5.15. The molecule has 112 valence electrons. The van der Waals surface area contributed by atoms with Crippen LogP contribution in [-0.2, 0) is 11.3 Å². The van der Waals surface area contributed by atoms with Crippen LogP contribution >= 0.6 is 11.8 Å². The second-order valence-corrected chi connectivity index (χ2v) is 5.19. The number of benzene rings is 1. The second-order valence-electron chi connectivity index (χ2n) is 4.41. The van der Waals surface area contributed by atoms with Crippen molar-refractivity contribution in [2.75, 3.05) is 30.5 Å². The monoisotopic (exact) mass is 304 g/mol. The largest absolute Gasteiger partial charge is 0.380 e. The number of anilines is 3. The smallest absolute Gasteiger partial charge is 0.191 e. The van der Waals surface area contributed by atoms with E-state index in [0.29, 0.717) is 6.61 Å². The number of aromatic nitrogens is 2. The van der Waals surface area contributed by atoms with Gasteiger partial charge in [-0.25, -0.2) is 9.97 Å². The highest BCUT2D eigenvalue weighted by atomic mass is 32.2. The van der Waals surface area contributed by atoms with Crippen LogP contribution in [0.5, 0.6) is 0 Å². The molecule has 0 aliphatic rings. The molecular weight excluding hydrogens is 284 g/mol. The average molecular weight is 304 g/mol. The van der Waals surface area contributed by atoms with Gasteiger partial charge in [-0.3, -0.25) is 0 Å². The van der Waals surface area contributed by atoms with Gasteiger partial charge in [0, 0.05) is 25.4 Å². The zero-order valence-corrected chi connectivity index (χ0v) is 13.3. The maximum atomic E-state index is 5.15. The van der Waals surface area contributed by atoms with Gasteiger partial charge in [0.25, 0.3) is 0 Å². The molecule has 6 heteroatoms. The Morgan fingerprint density at radius 2 is 2.00 bits per heavy atom. The molecule has 0 spiro atoms. The SMILES string of the molecule is CCNc1cc(Nc2cccc(COC)c2)nc(SC)n1. The van der Waals surface area contributed by atoms with Crippen LogP contribution in [0.3, 0.4) is 0 Å². The Labute approximate surface area is 129 Å². The first kappa shape index (κ1) is 15.6. The lowest BCUT2D eigenvalue weighted by Crippen LogP contribution is -2.03. The third kappa shape index (κ3) is 4.61. The predicted molar refractivity (Wildman–Crippen MR) is 88.4 cm³/mol. The number of rotatable bonds is 7. The van der Waals surface area contributed by atoms with Crippen LogP contribution in [-0.4, -0.2) is 29.9 Å². The number of nitrogens with one attached hydrogen (secondary N) is 2. The summed E-state index contributed by atoms with van der Waals surface area (Å²) >= 11 is 1.52. The molecule has 1 aromatic heterocycles. The molecule has 0 aliphatic heterocycles. The van der Waals surface area contributed by atoms with Gasteiger partial charge in [0.15, 0.2) is 5.16 Å². The molecule has 0 unspecified atom stereocenters. The van der Waals surface area contributed by atoms with E-state index < -0.39 is 0 Å². The van der Waals surface area contributed by atoms with E-state index in [1.54, 1.807) is 7.11 Å². The zero-order valence-electron chi connectivity index (χ0n) is 12.5. The minimum absolute atomic E-state index is 0.595. The van der Waals surface area contributed by atoms with Crippen LogP contribution in [0.4, 0.5) is 17.3 Å². The van der Waals surface area contributed by atoms with E-state index in [9.17, 15) is 0 Å². The first-order valence-corrected chi connectivity index (χ1v) is 7.99. The normalized spacial score (nSPS) is 10.4. The molecule has 0 radical (unpaired) electrons. The highest BCUT2D eigenvalue weighted by Gasteiger charge is 2.04. The van der Waals surface area contributed by atoms with Gasteiger partial charge in [-0.2, -0.15) is 0 Å². The Hall–Kier alpha value is -1.79. The molecule has 2 rings (SSSR count). The number of hydrogen-bond acceptors (Lipinski definition) is 6. The van der Waals surface area contributed by atoms with E-state index in [1.807, 2.05) is 37.4 Å².